The molecule has 2 aromatic carbocycles. The van der Waals surface area contributed by atoms with E-state index in [2.05, 4.69) is 65.6 Å². The lowest BCUT2D eigenvalue weighted by molar-refractivity contribution is 0.0255. The molecule has 4 rings (SSSR count). The molecule has 0 unspecified atom stereocenters. The fraction of sp³-hybridized carbons (Fsp3) is 0.478. The van der Waals surface area contributed by atoms with E-state index in [1.807, 2.05) is 0 Å². The van der Waals surface area contributed by atoms with E-state index in [1.165, 1.54) is 63.6 Å². The van der Waals surface area contributed by atoms with Crippen molar-refractivity contribution in [1.29, 1.82) is 0 Å². The zero-order chi connectivity index (χ0) is 16.2. The summed E-state index contributed by atoms with van der Waals surface area (Å²) in [4.78, 5) is 2.83. The standard InChI is InChI=1S/C23H29N/c1-4-10-20(11-5-1)21-14-18-24(19-15-21)23(16-8-3-9-17-23)22-12-6-2-7-13-22/h1-2,4-7,10-13,21H,3,8-9,14-19H2. The minimum Gasteiger partial charge on any atom is -0.294 e. The third-order valence-corrected chi connectivity index (χ3v) is 6.36. The maximum atomic E-state index is 2.83. The number of benzene rings is 2. The molecule has 0 N–H and O–H groups in total. The maximum Gasteiger partial charge on any atom is 0.0460 e. The van der Waals surface area contributed by atoms with Crippen molar-refractivity contribution in [2.45, 2.75) is 56.4 Å². The molecule has 0 atom stereocenters. The number of piperidine rings is 1. The Kier molecular flexibility index (Phi) is 4.71. The highest BCUT2D eigenvalue weighted by atomic mass is 15.2. The fourth-order valence-corrected chi connectivity index (χ4v) is 5.04. The van der Waals surface area contributed by atoms with Gasteiger partial charge in [0.1, 0.15) is 0 Å². The average molecular weight is 319 g/mol. The van der Waals surface area contributed by atoms with Crippen LogP contribution in [0.3, 0.4) is 0 Å². The van der Waals surface area contributed by atoms with Gasteiger partial charge in [0.25, 0.3) is 0 Å². The van der Waals surface area contributed by atoms with Crippen molar-refractivity contribution in [3.8, 4) is 0 Å². The van der Waals surface area contributed by atoms with Gasteiger partial charge in [0, 0.05) is 5.54 Å². The Morgan fingerprint density at radius 1 is 0.708 bits per heavy atom. The molecule has 2 aliphatic rings. The topological polar surface area (TPSA) is 3.24 Å². The lowest BCUT2D eigenvalue weighted by Crippen LogP contribution is -2.50. The summed E-state index contributed by atoms with van der Waals surface area (Å²) in [6, 6.07) is 22.5. The molecule has 24 heavy (non-hydrogen) atoms. The minimum atomic E-state index is 0.307. The van der Waals surface area contributed by atoms with Gasteiger partial charge >= 0.3 is 0 Å². The molecule has 1 aliphatic heterocycles. The van der Waals surface area contributed by atoms with E-state index < -0.39 is 0 Å². The van der Waals surface area contributed by atoms with Gasteiger partial charge in [0.05, 0.1) is 0 Å². The van der Waals surface area contributed by atoms with E-state index in [1.54, 1.807) is 5.56 Å². The molecule has 2 aromatic rings. The lowest BCUT2D eigenvalue weighted by Gasteiger charge is -2.50. The second-order valence-electron chi connectivity index (χ2n) is 7.63. The maximum absolute atomic E-state index is 2.83. The van der Waals surface area contributed by atoms with E-state index in [9.17, 15) is 0 Å². The summed E-state index contributed by atoms with van der Waals surface area (Å²) in [6.07, 6.45) is 9.47. The Bertz CT molecular complexity index is 620. The van der Waals surface area contributed by atoms with Crippen LogP contribution in [0, 0.1) is 0 Å². The molecule has 1 saturated heterocycles. The molecular formula is C23H29N. The molecule has 1 aliphatic carbocycles. The summed E-state index contributed by atoms with van der Waals surface area (Å²) in [7, 11) is 0. The largest absolute Gasteiger partial charge is 0.294 e. The van der Waals surface area contributed by atoms with Crippen LogP contribution < -0.4 is 0 Å². The van der Waals surface area contributed by atoms with Crippen LogP contribution in [0.15, 0.2) is 60.7 Å². The van der Waals surface area contributed by atoms with Crippen LogP contribution in [-0.4, -0.2) is 18.0 Å². The highest BCUT2D eigenvalue weighted by Crippen LogP contribution is 2.44. The first-order valence-electron chi connectivity index (χ1n) is 9.74. The van der Waals surface area contributed by atoms with E-state index in [0.717, 1.165) is 5.92 Å². The van der Waals surface area contributed by atoms with E-state index in [0.29, 0.717) is 5.54 Å². The van der Waals surface area contributed by atoms with Crippen LogP contribution in [0.25, 0.3) is 0 Å². The molecule has 126 valence electrons. The zero-order valence-corrected chi connectivity index (χ0v) is 14.7. The number of nitrogens with zero attached hydrogens (tertiary/aromatic N) is 1. The summed E-state index contributed by atoms with van der Waals surface area (Å²) in [5.41, 5.74) is 3.40. The molecule has 0 bridgehead atoms. The van der Waals surface area contributed by atoms with Gasteiger partial charge in [0.15, 0.2) is 0 Å². The van der Waals surface area contributed by atoms with Crippen LogP contribution in [0.4, 0.5) is 0 Å². The Labute approximate surface area is 146 Å². The van der Waals surface area contributed by atoms with Gasteiger partial charge in [-0.15, -0.1) is 0 Å². The molecule has 0 amide bonds. The molecule has 2 fully saturated rings. The smallest absolute Gasteiger partial charge is 0.0460 e. The number of likely N-dealkylation sites (tertiary alicyclic amines) is 1. The Morgan fingerprint density at radius 2 is 1.29 bits per heavy atom. The third kappa shape index (κ3) is 3.02. The Hall–Kier alpha value is -1.60. The number of rotatable bonds is 3. The average Bonchev–Trinajstić information content (AvgIpc) is 2.70. The number of hydrogen-bond acceptors (Lipinski definition) is 1. The van der Waals surface area contributed by atoms with Crippen LogP contribution in [0.1, 0.15) is 62.0 Å². The summed E-state index contributed by atoms with van der Waals surface area (Å²) < 4.78 is 0. The SMILES string of the molecule is c1ccc(C2CCN(C3(c4ccccc4)CCCCC3)CC2)cc1. The molecule has 1 nitrogen and oxygen atoms in total. The first kappa shape index (κ1) is 15.9. The van der Waals surface area contributed by atoms with Crippen molar-refractivity contribution in [3.05, 3.63) is 71.8 Å². The summed E-state index contributed by atoms with van der Waals surface area (Å²) in [5, 5.41) is 0. The first-order chi connectivity index (χ1) is 11.9. The van der Waals surface area contributed by atoms with E-state index in [4.69, 9.17) is 0 Å². The third-order valence-electron chi connectivity index (χ3n) is 6.36. The lowest BCUT2D eigenvalue weighted by atomic mass is 9.73. The molecule has 0 aromatic heterocycles. The van der Waals surface area contributed by atoms with E-state index in [-0.39, 0.29) is 0 Å². The second-order valence-corrected chi connectivity index (χ2v) is 7.63. The second kappa shape index (κ2) is 7.11. The summed E-state index contributed by atoms with van der Waals surface area (Å²) >= 11 is 0. The van der Waals surface area contributed by atoms with Gasteiger partial charge in [-0.05, 0) is 55.8 Å². The molecule has 1 heterocycles. The molecular weight excluding hydrogens is 290 g/mol. The summed E-state index contributed by atoms with van der Waals surface area (Å²) in [5.74, 6) is 0.749. The van der Waals surface area contributed by atoms with Crippen LogP contribution in [0.5, 0.6) is 0 Å². The molecule has 1 heteroatoms. The zero-order valence-electron chi connectivity index (χ0n) is 14.7. The van der Waals surface area contributed by atoms with Gasteiger partial charge in [-0.2, -0.15) is 0 Å². The quantitative estimate of drug-likeness (QED) is 0.699. The Morgan fingerprint density at radius 3 is 1.92 bits per heavy atom. The monoisotopic (exact) mass is 319 g/mol. The van der Waals surface area contributed by atoms with Gasteiger partial charge < -0.3 is 0 Å². The highest BCUT2D eigenvalue weighted by molar-refractivity contribution is 5.26. The van der Waals surface area contributed by atoms with Crippen molar-refractivity contribution >= 4 is 0 Å². The predicted octanol–water partition coefficient (Wildman–Crippen LogP) is 5.73. The predicted molar refractivity (Wildman–Crippen MR) is 101 cm³/mol. The van der Waals surface area contributed by atoms with Crippen molar-refractivity contribution < 1.29 is 0 Å². The highest BCUT2D eigenvalue weighted by Gasteiger charge is 2.40. The van der Waals surface area contributed by atoms with Gasteiger partial charge in [-0.25, -0.2) is 0 Å². The fourth-order valence-electron chi connectivity index (χ4n) is 5.04. The van der Waals surface area contributed by atoms with Crippen molar-refractivity contribution in [3.63, 3.8) is 0 Å². The van der Waals surface area contributed by atoms with Crippen LogP contribution in [0.2, 0.25) is 0 Å². The molecule has 1 saturated carbocycles. The van der Waals surface area contributed by atoms with Gasteiger partial charge in [0.2, 0.25) is 0 Å². The van der Waals surface area contributed by atoms with Crippen molar-refractivity contribution in [1.82, 2.24) is 4.90 Å². The number of hydrogen-bond donors (Lipinski definition) is 0. The van der Waals surface area contributed by atoms with Gasteiger partial charge in [-0.1, -0.05) is 79.9 Å². The van der Waals surface area contributed by atoms with E-state index >= 15 is 0 Å². The van der Waals surface area contributed by atoms with Crippen molar-refractivity contribution in [2.24, 2.45) is 0 Å². The molecule has 0 spiro atoms. The Balaban J connectivity index is 1.53. The summed E-state index contributed by atoms with van der Waals surface area (Å²) in [6.45, 7) is 2.49. The minimum absolute atomic E-state index is 0.307. The van der Waals surface area contributed by atoms with Gasteiger partial charge in [-0.3, -0.25) is 4.90 Å². The first-order valence-corrected chi connectivity index (χ1v) is 9.74. The van der Waals surface area contributed by atoms with Crippen molar-refractivity contribution in [2.75, 3.05) is 13.1 Å². The van der Waals surface area contributed by atoms with Crippen LogP contribution >= 0.6 is 0 Å². The molecule has 0 radical (unpaired) electrons. The van der Waals surface area contributed by atoms with Crippen LogP contribution in [-0.2, 0) is 5.54 Å². The normalized spacial score (nSPS) is 22.3.